The lowest BCUT2D eigenvalue weighted by molar-refractivity contribution is -0.129. The number of amides is 4. The summed E-state index contributed by atoms with van der Waals surface area (Å²) in [4.78, 5) is 35.7. The molecule has 0 atom stereocenters. The van der Waals surface area contributed by atoms with E-state index in [9.17, 15) is 14.4 Å². The molecule has 86 valence electrons. The summed E-state index contributed by atoms with van der Waals surface area (Å²) in [6.45, 7) is -0.0889. The van der Waals surface area contributed by atoms with Crippen LogP contribution in [0.1, 0.15) is 0 Å². The van der Waals surface area contributed by atoms with Gasteiger partial charge in [0.1, 0.15) is 12.4 Å². The van der Waals surface area contributed by atoms with E-state index in [4.69, 9.17) is 11.6 Å². The SMILES string of the molecule is CN(C)C(=O)CN(C)C(=O)NC(=O)CCl. The van der Waals surface area contributed by atoms with Gasteiger partial charge in [0.05, 0.1) is 0 Å². The average Bonchev–Trinajstić information content (AvgIpc) is 2.16. The number of urea groups is 1. The lowest BCUT2D eigenvalue weighted by Crippen LogP contribution is -2.45. The van der Waals surface area contributed by atoms with Crippen LogP contribution in [0, 0.1) is 0 Å². The van der Waals surface area contributed by atoms with Crippen LogP contribution < -0.4 is 5.32 Å². The Labute approximate surface area is 93.2 Å². The second-order valence-electron chi connectivity index (χ2n) is 3.13. The van der Waals surface area contributed by atoms with Crippen LogP contribution in [0.25, 0.3) is 0 Å². The Hall–Kier alpha value is -1.30. The number of carbonyl (C=O) groups is 3. The van der Waals surface area contributed by atoms with Crippen LogP contribution in [0.3, 0.4) is 0 Å². The van der Waals surface area contributed by atoms with Gasteiger partial charge in [-0.1, -0.05) is 0 Å². The van der Waals surface area contributed by atoms with E-state index in [0.29, 0.717) is 0 Å². The van der Waals surface area contributed by atoms with Gasteiger partial charge in [0.2, 0.25) is 11.8 Å². The monoisotopic (exact) mass is 235 g/mol. The molecule has 0 rings (SSSR count). The molecule has 7 heteroatoms. The molecular weight excluding hydrogens is 222 g/mol. The predicted molar refractivity (Wildman–Crippen MR) is 55.6 cm³/mol. The summed E-state index contributed by atoms with van der Waals surface area (Å²) in [7, 11) is 4.58. The standard InChI is InChI=1S/C8H14ClN3O3/c1-11(2)7(14)5-12(3)8(15)10-6(13)4-9/h4-5H2,1-3H3,(H,10,13,15). The van der Waals surface area contributed by atoms with Crippen LogP contribution in [0.5, 0.6) is 0 Å². The number of halogens is 1. The number of rotatable bonds is 3. The van der Waals surface area contributed by atoms with E-state index in [1.807, 2.05) is 5.32 Å². The maximum Gasteiger partial charge on any atom is 0.324 e. The van der Waals surface area contributed by atoms with Gasteiger partial charge in [-0.25, -0.2) is 4.79 Å². The minimum atomic E-state index is -0.643. The highest BCUT2D eigenvalue weighted by molar-refractivity contribution is 6.28. The van der Waals surface area contributed by atoms with Crippen LogP contribution in [0.2, 0.25) is 0 Å². The number of carbonyl (C=O) groups excluding carboxylic acids is 3. The number of hydrogen-bond acceptors (Lipinski definition) is 3. The van der Waals surface area contributed by atoms with E-state index in [2.05, 4.69) is 0 Å². The third kappa shape index (κ3) is 5.21. The Morgan fingerprint density at radius 3 is 2.13 bits per heavy atom. The van der Waals surface area contributed by atoms with E-state index >= 15 is 0 Å². The van der Waals surface area contributed by atoms with E-state index in [-0.39, 0.29) is 18.3 Å². The van der Waals surface area contributed by atoms with Crippen molar-refractivity contribution in [3.05, 3.63) is 0 Å². The molecule has 0 unspecified atom stereocenters. The first-order valence-corrected chi connectivity index (χ1v) is 4.73. The number of nitrogens with zero attached hydrogens (tertiary/aromatic N) is 2. The Balaban J connectivity index is 4.10. The maximum atomic E-state index is 11.2. The summed E-state index contributed by atoms with van der Waals surface area (Å²) in [6, 6.07) is -0.643. The maximum absolute atomic E-state index is 11.2. The predicted octanol–water partition coefficient (Wildman–Crippen LogP) is -0.519. The minimum Gasteiger partial charge on any atom is -0.347 e. The first-order chi connectivity index (χ1) is 6.88. The Kier molecular flexibility index (Phi) is 5.69. The number of hydrogen-bond donors (Lipinski definition) is 1. The average molecular weight is 236 g/mol. The molecule has 0 saturated carbocycles. The van der Waals surface area contributed by atoms with Crippen molar-refractivity contribution < 1.29 is 14.4 Å². The van der Waals surface area contributed by atoms with Gasteiger partial charge in [-0.3, -0.25) is 14.9 Å². The van der Waals surface area contributed by atoms with Crippen LogP contribution >= 0.6 is 11.6 Å². The fourth-order valence-corrected chi connectivity index (χ4v) is 0.731. The molecule has 4 amide bonds. The van der Waals surface area contributed by atoms with Crippen molar-refractivity contribution in [3.8, 4) is 0 Å². The summed E-state index contributed by atoms with van der Waals surface area (Å²) < 4.78 is 0. The number of imide groups is 1. The van der Waals surface area contributed by atoms with Crippen molar-refractivity contribution in [2.24, 2.45) is 0 Å². The molecule has 0 aromatic carbocycles. The van der Waals surface area contributed by atoms with Gasteiger partial charge in [-0.15, -0.1) is 11.6 Å². The summed E-state index contributed by atoms with van der Waals surface area (Å²) in [6.07, 6.45) is 0. The normalized spacial score (nSPS) is 9.33. The molecule has 0 aliphatic heterocycles. The lowest BCUT2D eigenvalue weighted by atomic mass is 10.5. The molecule has 0 heterocycles. The summed E-state index contributed by atoms with van der Waals surface area (Å²) in [5, 5.41) is 2.02. The number of likely N-dealkylation sites (N-methyl/N-ethyl adjacent to an activating group) is 2. The molecule has 0 aromatic heterocycles. The Morgan fingerprint density at radius 2 is 1.73 bits per heavy atom. The zero-order valence-corrected chi connectivity index (χ0v) is 9.67. The van der Waals surface area contributed by atoms with Gasteiger partial charge in [0.25, 0.3) is 0 Å². The van der Waals surface area contributed by atoms with Gasteiger partial charge >= 0.3 is 6.03 Å². The van der Waals surface area contributed by atoms with Gasteiger partial charge in [-0.2, -0.15) is 0 Å². The van der Waals surface area contributed by atoms with Crippen LogP contribution in [0.4, 0.5) is 4.79 Å². The molecule has 0 spiro atoms. The highest BCUT2D eigenvalue weighted by atomic mass is 35.5. The third-order valence-corrected chi connectivity index (χ3v) is 1.83. The number of alkyl halides is 1. The molecule has 0 bridgehead atoms. The second kappa shape index (κ2) is 6.23. The van der Waals surface area contributed by atoms with Crippen molar-refractivity contribution in [1.82, 2.24) is 15.1 Å². The van der Waals surface area contributed by atoms with Gasteiger partial charge in [0.15, 0.2) is 0 Å². The highest BCUT2D eigenvalue weighted by Gasteiger charge is 2.15. The molecule has 1 N–H and O–H groups in total. The third-order valence-electron chi connectivity index (χ3n) is 1.59. The van der Waals surface area contributed by atoms with E-state index in [1.54, 1.807) is 14.1 Å². The first-order valence-electron chi connectivity index (χ1n) is 4.19. The molecule has 6 nitrogen and oxygen atoms in total. The topological polar surface area (TPSA) is 69.7 Å². The van der Waals surface area contributed by atoms with Crippen molar-refractivity contribution >= 4 is 29.4 Å². The summed E-state index contributed by atoms with van der Waals surface area (Å²) >= 11 is 5.20. The van der Waals surface area contributed by atoms with Gasteiger partial charge in [-0.05, 0) is 0 Å². The largest absolute Gasteiger partial charge is 0.347 e. The zero-order chi connectivity index (χ0) is 12.0. The van der Waals surface area contributed by atoms with Crippen molar-refractivity contribution in [2.45, 2.75) is 0 Å². The summed E-state index contributed by atoms with van der Waals surface area (Å²) in [5.74, 6) is -1.11. The van der Waals surface area contributed by atoms with Crippen LogP contribution in [-0.2, 0) is 9.59 Å². The zero-order valence-electron chi connectivity index (χ0n) is 8.91. The van der Waals surface area contributed by atoms with Gasteiger partial charge in [0, 0.05) is 21.1 Å². The van der Waals surface area contributed by atoms with E-state index in [1.165, 1.54) is 11.9 Å². The van der Waals surface area contributed by atoms with Crippen LogP contribution in [-0.4, -0.2) is 61.2 Å². The molecule has 0 fully saturated rings. The molecule has 0 aromatic rings. The fraction of sp³-hybridized carbons (Fsp3) is 0.625. The van der Waals surface area contributed by atoms with Gasteiger partial charge < -0.3 is 9.80 Å². The minimum absolute atomic E-state index is 0.0889. The molecule has 15 heavy (non-hydrogen) atoms. The summed E-state index contributed by atoms with van der Waals surface area (Å²) in [5.41, 5.74) is 0. The fourth-order valence-electron chi connectivity index (χ4n) is 0.664. The van der Waals surface area contributed by atoms with Crippen molar-refractivity contribution in [3.63, 3.8) is 0 Å². The molecule has 0 aliphatic rings. The van der Waals surface area contributed by atoms with E-state index < -0.39 is 11.9 Å². The Bertz CT molecular complexity index is 268. The van der Waals surface area contributed by atoms with Crippen molar-refractivity contribution in [2.75, 3.05) is 33.6 Å². The molecular formula is C8H14ClN3O3. The van der Waals surface area contributed by atoms with Crippen molar-refractivity contribution in [1.29, 1.82) is 0 Å². The van der Waals surface area contributed by atoms with E-state index in [0.717, 1.165) is 4.90 Å². The smallest absolute Gasteiger partial charge is 0.324 e. The molecule has 0 aliphatic carbocycles. The number of nitrogens with one attached hydrogen (secondary N) is 1. The second-order valence-corrected chi connectivity index (χ2v) is 3.40. The Morgan fingerprint density at radius 1 is 1.20 bits per heavy atom. The molecule has 0 saturated heterocycles. The van der Waals surface area contributed by atoms with Crippen LogP contribution in [0.15, 0.2) is 0 Å². The first kappa shape index (κ1) is 13.7. The quantitative estimate of drug-likeness (QED) is 0.670. The molecule has 0 radical (unpaired) electrons. The lowest BCUT2D eigenvalue weighted by Gasteiger charge is -2.18. The highest BCUT2D eigenvalue weighted by Crippen LogP contribution is 1.88.